The van der Waals surface area contributed by atoms with Gasteiger partial charge in [-0.2, -0.15) is 0 Å². The van der Waals surface area contributed by atoms with E-state index in [4.69, 9.17) is 11.6 Å². The van der Waals surface area contributed by atoms with E-state index in [9.17, 15) is 18.4 Å². The Kier molecular flexibility index (Phi) is 5.28. The van der Waals surface area contributed by atoms with Gasteiger partial charge in [0.2, 0.25) is 5.91 Å². The summed E-state index contributed by atoms with van der Waals surface area (Å²) >= 11 is 5.75. The number of carbonyl (C=O) groups is 2. The molecule has 1 atom stereocenters. The number of hydrogen-bond acceptors (Lipinski definition) is 2. The van der Waals surface area contributed by atoms with Gasteiger partial charge in [0, 0.05) is 17.6 Å². The van der Waals surface area contributed by atoms with Gasteiger partial charge in [0.05, 0.1) is 0 Å². The highest BCUT2D eigenvalue weighted by molar-refractivity contribution is 6.30. The van der Waals surface area contributed by atoms with E-state index in [1.54, 1.807) is 0 Å². The second-order valence-electron chi connectivity index (χ2n) is 4.70. The molecule has 0 aliphatic heterocycles. The molecule has 1 unspecified atom stereocenters. The van der Waals surface area contributed by atoms with E-state index >= 15 is 0 Å². The zero-order chi connectivity index (χ0) is 17.0. The summed E-state index contributed by atoms with van der Waals surface area (Å²) in [5.41, 5.74) is 0.413. The van der Waals surface area contributed by atoms with Gasteiger partial charge in [-0.25, -0.2) is 8.78 Å². The molecule has 2 rings (SSSR count). The molecule has 0 saturated carbocycles. The molecule has 4 nitrogen and oxygen atoms in total. The fourth-order valence-electron chi connectivity index (χ4n) is 1.95. The molecule has 0 spiro atoms. The number of amides is 2. The van der Waals surface area contributed by atoms with E-state index in [2.05, 4.69) is 10.6 Å². The van der Waals surface area contributed by atoms with E-state index in [0.717, 1.165) is 12.1 Å². The van der Waals surface area contributed by atoms with E-state index in [1.807, 2.05) is 0 Å². The lowest BCUT2D eigenvalue weighted by atomic mass is 10.0. The SMILES string of the molecule is CNC(=O)C(NC(=O)c1ccc(Cl)cc1)c1ccc(F)c(F)c1. The molecule has 0 aliphatic rings. The fraction of sp³-hybridized carbons (Fsp3) is 0.125. The third kappa shape index (κ3) is 4.04. The molecule has 120 valence electrons. The van der Waals surface area contributed by atoms with E-state index in [-0.39, 0.29) is 11.1 Å². The normalized spacial score (nSPS) is 11.7. The molecule has 2 aromatic rings. The Labute approximate surface area is 136 Å². The van der Waals surface area contributed by atoms with Crippen LogP contribution < -0.4 is 10.6 Å². The molecule has 2 N–H and O–H groups in total. The number of hydrogen-bond donors (Lipinski definition) is 2. The molecule has 23 heavy (non-hydrogen) atoms. The summed E-state index contributed by atoms with van der Waals surface area (Å²) in [5.74, 6) is -3.23. The summed E-state index contributed by atoms with van der Waals surface area (Å²) in [6.45, 7) is 0. The summed E-state index contributed by atoms with van der Waals surface area (Å²) in [4.78, 5) is 24.2. The predicted molar refractivity (Wildman–Crippen MR) is 82.1 cm³/mol. The lowest BCUT2D eigenvalue weighted by molar-refractivity contribution is -0.122. The highest BCUT2D eigenvalue weighted by atomic mass is 35.5. The number of likely N-dealkylation sites (N-methyl/N-ethyl adjacent to an activating group) is 1. The fourth-order valence-corrected chi connectivity index (χ4v) is 2.08. The second-order valence-corrected chi connectivity index (χ2v) is 5.14. The number of nitrogens with one attached hydrogen (secondary N) is 2. The highest BCUT2D eigenvalue weighted by Gasteiger charge is 2.23. The lowest BCUT2D eigenvalue weighted by Gasteiger charge is -2.18. The van der Waals surface area contributed by atoms with Crippen molar-refractivity contribution in [1.29, 1.82) is 0 Å². The van der Waals surface area contributed by atoms with Crippen molar-refractivity contribution in [2.45, 2.75) is 6.04 Å². The van der Waals surface area contributed by atoms with Crippen LogP contribution in [0.15, 0.2) is 42.5 Å². The molecule has 2 aromatic carbocycles. The lowest BCUT2D eigenvalue weighted by Crippen LogP contribution is -2.39. The van der Waals surface area contributed by atoms with Crippen molar-refractivity contribution < 1.29 is 18.4 Å². The van der Waals surface area contributed by atoms with Crippen molar-refractivity contribution in [3.63, 3.8) is 0 Å². The summed E-state index contributed by atoms with van der Waals surface area (Å²) in [6, 6.07) is 7.89. The standard InChI is InChI=1S/C16H13ClF2N2O2/c1-20-16(23)14(10-4-7-12(18)13(19)8-10)21-15(22)9-2-5-11(17)6-3-9/h2-8,14H,1H3,(H,20,23)(H,21,22). The van der Waals surface area contributed by atoms with Gasteiger partial charge in [0.15, 0.2) is 11.6 Å². The van der Waals surface area contributed by atoms with Gasteiger partial charge in [-0.3, -0.25) is 9.59 Å². The molecule has 0 aliphatic carbocycles. The molecule has 0 radical (unpaired) electrons. The Morgan fingerprint density at radius 2 is 1.70 bits per heavy atom. The van der Waals surface area contributed by atoms with Gasteiger partial charge in [0.1, 0.15) is 6.04 Å². The first kappa shape index (κ1) is 16.9. The van der Waals surface area contributed by atoms with Crippen molar-refractivity contribution in [1.82, 2.24) is 10.6 Å². The van der Waals surface area contributed by atoms with Gasteiger partial charge >= 0.3 is 0 Å². The van der Waals surface area contributed by atoms with E-state index in [0.29, 0.717) is 5.02 Å². The zero-order valence-electron chi connectivity index (χ0n) is 12.1. The predicted octanol–water partition coefficient (Wildman–Crippen LogP) is 2.84. The summed E-state index contributed by atoms with van der Waals surface area (Å²) in [5, 5.41) is 5.32. The molecule has 0 bridgehead atoms. The first-order valence-corrected chi connectivity index (χ1v) is 7.03. The van der Waals surface area contributed by atoms with Crippen LogP contribution in [0.3, 0.4) is 0 Å². The van der Waals surface area contributed by atoms with Crippen molar-refractivity contribution >= 4 is 23.4 Å². The Morgan fingerprint density at radius 3 is 2.26 bits per heavy atom. The largest absolute Gasteiger partial charge is 0.357 e. The molecule has 0 aromatic heterocycles. The molecular weight excluding hydrogens is 326 g/mol. The molecule has 2 amide bonds. The molecule has 0 saturated heterocycles. The first-order chi connectivity index (χ1) is 10.9. The Hall–Kier alpha value is -2.47. The molecule has 0 heterocycles. The first-order valence-electron chi connectivity index (χ1n) is 6.65. The van der Waals surface area contributed by atoms with Crippen molar-refractivity contribution in [3.05, 3.63) is 70.2 Å². The average molecular weight is 339 g/mol. The monoisotopic (exact) mass is 338 g/mol. The topological polar surface area (TPSA) is 58.2 Å². The van der Waals surface area contributed by atoms with Crippen LogP contribution in [-0.4, -0.2) is 18.9 Å². The third-order valence-electron chi connectivity index (χ3n) is 3.17. The minimum Gasteiger partial charge on any atom is -0.357 e. The maximum absolute atomic E-state index is 13.4. The average Bonchev–Trinajstić information content (AvgIpc) is 2.55. The van der Waals surface area contributed by atoms with Crippen LogP contribution in [0.4, 0.5) is 8.78 Å². The second kappa shape index (κ2) is 7.19. The molecule has 7 heteroatoms. The van der Waals surface area contributed by atoms with E-state index in [1.165, 1.54) is 37.4 Å². The molecular formula is C16H13ClF2N2O2. The van der Waals surface area contributed by atoms with Gasteiger partial charge in [0.25, 0.3) is 5.91 Å². The minimum absolute atomic E-state index is 0.130. The number of halogens is 3. The summed E-state index contributed by atoms with van der Waals surface area (Å²) in [7, 11) is 1.38. The summed E-state index contributed by atoms with van der Waals surface area (Å²) < 4.78 is 26.4. The highest BCUT2D eigenvalue weighted by Crippen LogP contribution is 2.18. The zero-order valence-corrected chi connectivity index (χ0v) is 12.8. The maximum Gasteiger partial charge on any atom is 0.252 e. The Bertz CT molecular complexity index is 735. The van der Waals surface area contributed by atoms with Crippen molar-refractivity contribution in [2.75, 3.05) is 7.05 Å². The maximum atomic E-state index is 13.4. The van der Waals surface area contributed by atoms with Crippen LogP contribution in [0, 0.1) is 11.6 Å². The smallest absolute Gasteiger partial charge is 0.252 e. The number of benzene rings is 2. The van der Waals surface area contributed by atoms with Crippen LogP contribution in [0.5, 0.6) is 0 Å². The minimum atomic E-state index is -1.15. The Balaban J connectivity index is 2.28. The van der Waals surface area contributed by atoms with Gasteiger partial charge in [-0.05, 0) is 42.0 Å². The van der Waals surface area contributed by atoms with Crippen LogP contribution in [0.1, 0.15) is 22.0 Å². The number of carbonyl (C=O) groups excluding carboxylic acids is 2. The van der Waals surface area contributed by atoms with Crippen LogP contribution in [-0.2, 0) is 4.79 Å². The van der Waals surface area contributed by atoms with Gasteiger partial charge < -0.3 is 10.6 Å². The van der Waals surface area contributed by atoms with Gasteiger partial charge in [-0.1, -0.05) is 17.7 Å². The van der Waals surface area contributed by atoms with Crippen LogP contribution in [0.25, 0.3) is 0 Å². The third-order valence-corrected chi connectivity index (χ3v) is 3.42. The van der Waals surface area contributed by atoms with Crippen molar-refractivity contribution in [2.24, 2.45) is 0 Å². The number of rotatable bonds is 4. The van der Waals surface area contributed by atoms with E-state index < -0.39 is 29.5 Å². The van der Waals surface area contributed by atoms with Crippen LogP contribution >= 0.6 is 11.6 Å². The van der Waals surface area contributed by atoms with Gasteiger partial charge in [-0.15, -0.1) is 0 Å². The van der Waals surface area contributed by atoms with Crippen molar-refractivity contribution in [3.8, 4) is 0 Å². The molecule has 0 fully saturated rings. The van der Waals surface area contributed by atoms with Crippen LogP contribution in [0.2, 0.25) is 5.02 Å². The Morgan fingerprint density at radius 1 is 1.04 bits per heavy atom. The quantitative estimate of drug-likeness (QED) is 0.900. The summed E-state index contributed by atoms with van der Waals surface area (Å²) in [6.07, 6.45) is 0.